The third kappa shape index (κ3) is 7.21. The molecule has 2 amide bonds. The monoisotopic (exact) mass is 316 g/mol. The number of hydrogen-bond acceptors (Lipinski definition) is 3. The fourth-order valence-electron chi connectivity index (χ4n) is 1.80. The summed E-state index contributed by atoms with van der Waals surface area (Å²) in [5, 5.41) is 14.7. The van der Waals surface area contributed by atoms with E-state index in [0.29, 0.717) is 12.3 Å². The number of carbonyl (C=O) groups is 1. The third-order valence-electron chi connectivity index (χ3n) is 2.79. The highest BCUT2D eigenvalue weighted by Crippen LogP contribution is 2.14. The van der Waals surface area contributed by atoms with Gasteiger partial charge >= 0.3 is 6.03 Å². The lowest BCUT2D eigenvalue weighted by Crippen LogP contribution is -2.41. The fourth-order valence-corrected chi connectivity index (χ4v) is 1.80. The van der Waals surface area contributed by atoms with Crippen LogP contribution < -0.4 is 15.4 Å². The van der Waals surface area contributed by atoms with Crippen molar-refractivity contribution >= 4 is 6.03 Å². The van der Waals surface area contributed by atoms with Crippen LogP contribution in [0.2, 0.25) is 0 Å². The predicted molar refractivity (Wildman–Crippen MR) is 78.7 cm³/mol. The van der Waals surface area contributed by atoms with E-state index in [-0.39, 0.29) is 25.4 Å². The molecule has 1 unspecified atom stereocenters. The Kier molecular flexibility index (Phi) is 7.59. The van der Waals surface area contributed by atoms with E-state index in [0.717, 1.165) is 12.1 Å². The number of halogens is 2. The number of carbonyl (C=O) groups excluding carboxylic acids is 1. The van der Waals surface area contributed by atoms with Crippen LogP contribution in [0.3, 0.4) is 0 Å². The van der Waals surface area contributed by atoms with Crippen LogP contribution >= 0.6 is 0 Å². The Labute approximate surface area is 128 Å². The number of nitrogens with one attached hydrogen (secondary N) is 2. The number of aliphatic hydroxyl groups is 1. The van der Waals surface area contributed by atoms with Gasteiger partial charge in [-0.15, -0.1) is 0 Å². The minimum Gasteiger partial charge on any atom is -0.492 e. The van der Waals surface area contributed by atoms with E-state index in [4.69, 9.17) is 4.74 Å². The standard InChI is InChI=1S/C15H22F2N2O3/c1-10(2)7-11(20)9-19-15(21)18-5-6-22-12-3-4-13(16)14(17)8-12/h3-4,8,10-11,20H,5-7,9H2,1-2H3,(H2,18,19,21). The van der Waals surface area contributed by atoms with Gasteiger partial charge in [0.05, 0.1) is 12.6 Å². The SMILES string of the molecule is CC(C)CC(O)CNC(=O)NCCOc1ccc(F)c(F)c1. The van der Waals surface area contributed by atoms with Gasteiger partial charge in [0.2, 0.25) is 0 Å². The van der Waals surface area contributed by atoms with Crippen LogP contribution in [0.25, 0.3) is 0 Å². The van der Waals surface area contributed by atoms with Crippen molar-refractivity contribution in [3.05, 3.63) is 29.8 Å². The topological polar surface area (TPSA) is 70.6 Å². The maximum Gasteiger partial charge on any atom is 0.315 e. The molecule has 0 radical (unpaired) electrons. The minimum atomic E-state index is -0.984. The second-order valence-electron chi connectivity index (χ2n) is 5.34. The summed E-state index contributed by atoms with van der Waals surface area (Å²) >= 11 is 0. The van der Waals surface area contributed by atoms with Gasteiger partial charge in [0.1, 0.15) is 12.4 Å². The van der Waals surface area contributed by atoms with E-state index >= 15 is 0 Å². The van der Waals surface area contributed by atoms with Gasteiger partial charge in [-0.2, -0.15) is 0 Å². The zero-order valence-electron chi connectivity index (χ0n) is 12.7. The number of rotatable bonds is 8. The van der Waals surface area contributed by atoms with Crippen LogP contribution in [0.1, 0.15) is 20.3 Å². The molecule has 0 saturated carbocycles. The Hall–Kier alpha value is -1.89. The molecule has 0 heterocycles. The van der Waals surface area contributed by atoms with Gasteiger partial charge in [-0.25, -0.2) is 13.6 Å². The van der Waals surface area contributed by atoms with Crippen molar-refractivity contribution in [1.29, 1.82) is 0 Å². The molecular weight excluding hydrogens is 294 g/mol. The molecule has 124 valence electrons. The van der Waals surface area contributed by atoms with Gasteiger partial charge in [-0.05, 0) is 24.5 Å². The van der Waals surface area contributed by atoms with E-state index in [1.54, 1.807) is 0 Å². The van der Waals surface area contributed by atoms with Gasteiger partial charge in [0, 0.05) is 12.6 Å². The van der Waals surface area contributed by atoms with Gasteiger partial charge < -0.3 is 20.5 Å². The quantitative estimate of drug-likeness (QED) is 0.643. The molecule has 3 N–H and O–H groups in total. The number of benzene rings is 1. The largest absolute Gasteiger partial charge is 0.492 e. The van der Waals surface area contributed by atoms with E-state index < -0.39 is 23.8 Å². The van der Waals surface area contributed by atoms with Crippen LogP contribution in [0.4, 0.5) is 13.6 Å². The predicted octanol–water partition coefficient (Wildman–Crippen LogP) is 2.05. The van der Waals surface area contributed by atoms with Gasteiger partial charge in [0.15, 0.2) is 11.6 Å². The summed E-state index contributed by atoms with van der Waals surface area (Å²) in [6.45, 7) is 4.46. The zero-order valence-corrected chi connectivity index (χ0v) is 12.7. The van der Waals surface area contributed by atoms with Crippen LogP contribution in [-0.2, 0) is 0 Å². The molecule has 1 aromatic carbocycles. The first-order chi connectivity index (χ1) is 10.4. The number of urea groups is 1. The average Bonchev–Trinajstić information content (AvgIpc) is 2.44. The van der Waals surface area contributed by atoms with E-state index in [1.165, 1.54) is 6.07 Å². The lowest BCUT2D eigenvalue weighted by molar-refractivity contribution is 0.146. The molecular formula is C15H22F2N2O3. The summed E-state index contributed by atoms with van der Waals surface area (Å²) < 4.78 is 30.8. The van der Waals surface area contributed by atoms with Crippen molar-refractivity contribution in [2.75, 3.05) is 19.7 Å². The lowest BCUT2D eigenvalue weighted by atomic mass is 10.1. The maximum absolute atomic E-state index is 12.9. The van der Waals surface area contributed by atoms with Gasteiger partial charge in [0.25, 0.3) is 0 Å². The van der Waals surface area contributed by atoms with Crippen molar-refractivity contribution in [2.24, 2.45) is 5.92 Å². The molecule has 1 atom stereocenters. The molecule has 0 aliphatic heterocycles. The molecule has 0 bridgehead atoms. The molecule has 0 aliphatic rings. The Bertz CT molecular complexity index is 484. The first-order valence-corrected chi connectivity index (χ1v) is 7.16. The molecule has 0 aliphatic carbocycles. The second-order valence-corrected chi connectivity index (χ2v) is 5.34. The number of aliphatic hydroxyl groups excluding tert-OH is 1. The molecule has 22 heavy (non-hydrogen) atoms. The van der Waals surface area contributed by atoms with Crippen LogP contribution in [-0.4, -0.2) is 36.9 Å². The first-order valence-electron chi connectivity index (χ1n) is 7.16. The Balaban J connectivity index is 2.16. The van der Waals surface area contributed by atoms with Crippen molar-refractivity contribution in [3.8, 4) is 5.75 Å². The van der Waals surface area contributed by atoms with Crippen molar-refractivity contribution < 1.29 is 23.4 Å². The summed E-state index contributed by atoms with van der Waals surface area (Å²) in [6, 6.07) is 2.80. The van der Waals surface area contributed by atoms with Crippen molar-refractivity contribution in [2.45, 2.75) is 26.4 Å². The lowest BCUT2D eigenvalue weighted by Gasteiger charge is -2.14. The molecule has 0 aromatic heterocycles. The molecule has 0 saturated heterocycles. The van der Waals surface area contributed by atoms with E-state index in [2.05, 4.69) is 10.6 Å². The molecule has 7 heteroatoms. The zero-order chi connectivity index (χ0) is 16.5. The number of hydrogen-bond donors (Lipinski definition) is 3. The molecule has 1 aromatic rings. The van der Waals surface area contributed by atoms with Gasteiger partial charge in [-0.1, -0.05) is 13.8 Å². The highest BCUT2D eigenvalue weighted by Gasteiger charge is 2.08. The molecule has 5 nitrogen and oxygen atoms in total. The summed E-state index contributed by atoms with van der Waals surface area (Å²) in [5.41, 5.74) is 0. The summed E-state index contributed by atoms with van der Waals surface area (Å²) in [5.74, 6) is -1.38. The van der Waals surface area contributed by atoms with E-state index in [1.807, 2.05) is 13.8 Å². The average molecular weight is 316 g/mol. The second kappa shape index (κ2) is 9.19. The highest BCUT2D eigenvalue weighted by molar-refractivity contribution is 5.73. The van der Waals surface area contributed by atoms with E-state index in [9.17, 15) is 18.7 Å². The summed E-state index contributed by atoms with van der Waals surface area (Å²) in [7, 11) is 0. The summed E-state index contributed by atoms with van der Waals surface area (Å²) in [6.07, 6.45) is 0.0312. The minimum absolute atomic E-state index is 0.118. The Morgan fingerprint density at radius 1 is 1.27 bits per heavy atom. The number of ether oxygens (including phenoxy) is 1. The third-order valence-corrected chi connectivity index (χ3v) is 2.79. The molecule has 0 fully saturated rings. The van der Waals surface area contributed by atoms with Gasteiger partial charge in [-0.3, -0.25) is 0 Å². The van der Waals surface area contributed by atoms with Crippen molar-refractivity contribution in [3.63, 3.8) is 0 Å². The van der Waals surface area contributed by atoms with Crippen molar-refractivity contribution in [1.82, 2.24) is 10.6 Å². The smallest absolute Gasteiger partial charge is 0.315 e. The van der Waals surface area contributed by atoms with Crippen LogP contribution in [0, 0.1) is 17.6 Å². The van der Waals surface area contributed by atoms with Crippen LogP contribution in [0.15, 0.2) is 18.2 Å². The normalized spacial score (nSPS) is 12.1. The first kappa shape index (κ1) is 18.2. The maximum atomic E-state index is 12.9. The number of amides is 2. The van der Waals surface area contributed by atoms with Crippen LogP contribution in [0.5, 0.6) is 5.75 Å². The molecule has 0 spiro atoms. The Morgan fingerprint density at radius 2 is 2.00 bits per heavy atom. The molecule has 1 rings (SSSR count). The Morgan fingerprint density at radius 3 is 2.64 bits per heavy atom. The highest BCUT2D eigenvalue weighted by atomic mass is 19.2. The summed E-state index contributed by atoms with van der Waals surface area (Å²) in [4.78, 5) is 11.4. The fraction of sp³-hybridized carbons (Fsp3) is 0.533.